The second-order valence-corrected chi connectivity index (χ2v) is 14.5. The van der Waals surface area contributed by atoms with Crippen LogP contribution in [0.3, 0.4) is 0 Å². The number of carboxylic acid groups (broad SMARTS) is 2. The van der Waals surface area contributed by atoms with Crippen LogP contribution in [-0.2, 0) is 28.6 Å². The zero-order valence-electron chi connectivity index (χ0n) is 25.8. The molecule has 1 spiro atoms. The summed E-state index contributed by atoms with van der Waals surface area (Å²) in [5.41, 5.74) is -2.82. The van der Waals surface area contributed by atoms with Gasteiger partial charge in [-0.05, 0) is 73.2 Å². The molecule has 1 saturated heterocycles. The quantitative estimate of drug-likeness (QED) is 0.0943. The molecule has 13 atom stereocenters. The van der Waals surface area contributed by atoms with Gasteiger partial charge in [-0.2, -0.15) is 0 Å². The molecule has 0 aromatic carbocycles. The third-order valence-electron chi connectivity index (χ3n) is 12.2. The van der Waals surface area contributed by atoms with E-state index in [1.54, 1.807) is 0 Å². The van der Waals surface area contributed by atoms with Gasteiger partial charge >= 0.3 is 17.9 Å². The van der Waals surface area contributed by atoms with E-state index in [0.717, 1.165) is 18.4 Å². The number of hydrogen-bond acceptors (Lipinski definition) is 10. The summed E-state index contributed by atoms with van der Waals surface area (Å²) >= 11 is 0. The molecular weight excluding hydrogens is 576 g/mol. The van der Waals surface area contributed by atoms with E-state index in [0.29, 0.717) is 25.7 Å². The van der Waals surface area contributed by atoms with Crippen molar-refractivity contribution in [3.63, 3.8) is 0 Å². The van der Waals surface area contributed by atoms with E-state index in [1.165, 1.54) is 0 Å². The number of fused-ring (bicyclic) bond motifs is 3. The summed E-state index contributed by atoms with van der Waals surface area (Å²) in [6.07, 6.45) is -5.81. The minimum absolute atomic E-state index is 0.0173. The van der Waals surface area contributed by atoms with Crippen LogP contribution in [0.25, 0.3) is 0 Å². The second kappa shape index (κ2) is 11.9. The van der Waals surface area contributed by atoms with Gasteiger partial charge in [-0.3, -0.25) is 14.4 Å². The molecule has 0 aromatic rings. The summed E-state index contributed by atoms with van der Waals surface area (Å²) < 4.78 is 17.7. The van der Waals surface area contributed by atoms with Gasteiger partial charge in [0, 0.05) is 18.3 Å². The fraction of sp³-hybridized carbons (Fsp3) is 0.844. The van der Waals surface area contributed by atoms with Crippen molar-refractivity contribution in [3.05, 3.63) is 12.2 Å². The lowest BCUT2D eigenvalue weighted by atomic mass is 9.40. The monoisotopic (exact) mass is 624 g/mol. The van der Waals surface area contributed by atoms with Gasteiger partial charge in [-0.15, -0.1) is 0 Å². The average Bonchev–Trinajstić information content (AvgIpc) is 3.14. The molecule has 2 bridgehead atoms. The van der Waals surface area contributed by atoms with Crippen LogP contribution in [0, 0.1) is 39.9 Å². The maximum Gasteiger partial charge on any atom is 0.321 e. The highest BCUT2D eigenvalue weighted by Gasteiger charge is 2.72. The number of aliphatic hydroxyl groups is 4. The first-order valence-corrected chi connectivity index (χ1v) is 16.0. The van der Waals surface area contributed by atoms with Crippen LogP contribution in [-0.4, -0.2) is 98.1 Å². The topological polar surface area (TPSA) is 200 Å². The Labute approximate surface area is 257 Å². The lowest BCUT2D eigenvalue weighted by molar-refractivity contribution is -0.324. The van der Waals surface area contributed by atoms with E-state index in [-0.39, 0.29) is 30.6 Å². The first-order chi connectivity index (χ1) is 20.7. The summed E-state index contributed by atoms with van der Waals surface area (Å²) in [5, 5.41) is 64.0. The largest absolute Gasteiger partial charge is 0.480 e. The lowest BCUT2D eigenvalue weighted by Crippen LogP contribution is -2.66. The Morgan fingerprint density at radius 3 is 2.32 bits per heavy atom. The van der Waals surface area contributed by atoms with E-state index >= 15 is 0 Å². The number of rotatable bonds is 9. The Morgan fingerprint density at radius 2 is 1.70 bits per heavy atom. The first-order valence-electron chi connectivity index (χ1n) is 16.0. The number of carbonyl (C=O) groups excluding carboxylic acids is 1. The minimum atomic E-state index is -2.21. The average molecular weight is 625 g/mol. The number of carboxylic acids is 2. The normalized spacial score (nSPS) is 45.1. The van der Waals surface area contributed by atoms with Crippen molar-refractivity contribution in [3.8, 4) is 0 Å². The molecule has 5 aliphatic rings. The molecule has 5 fully saturated rings. The maximum absolute atomic E-state index is 13.0. The molecule has 0 radical (unpaired) electrons. The molecule has 5 rings (SSSR count). The molecule has 248 valence electrons. The van der Waals surface area contributed by atoms with Gasteiger partial charge in [-0.25, -0.2) is 0 Å². The van der Waals surface area contributed by atoms with Crippen LogP contribution in [0.2, 0.25) is 0 Å². The number of carbonyl (C=O) groups is 3. The molecule has 12 heteroatoms. The van der Waals surface area contributed by atoms with E-state index in [2.05, 4.69) is 6.58 Å². The molecule has 6 N–H and O–H groups in total. The SMILES string of the molecule is C=C1[C@@H]2CC[C@H]3[C@]4(C)C[C@H](O[C@@H]5O[C@H](CO)[C@@H](O)[C@H](O)[C@H]5OC(=O)CC(C)CC)CC(C(=O)O)(C(=O)O)[C@H]4CC[C@]3(C2)[C@H]1O. The van der Waals surface area contributed by atoms with Crippen molar-refractivity contribution in [2.45, 2.75) is 121 Å². The number of aliphatic carboxylic acids is 2. The number of esters is 1. The van der Waals surface area contributed by atoms with Crippen LogP contribution in [0.5, 0.6) is 0 Å². The highest BCUT2D eigenvalue weighted by molar-refractivity contribution is 5.99. The summed E-state index contributed by atoms with van der Waals surface area (Å²) in [6, 6.07) is 0. The van der Waals surface area contributed by atoms with Crippen molar-refractivity contribution < 1.29 is 59.2 Å². The third kappa shape index (κ3) is 5.00. The molecule has 1 unspecified atom stereocenters. The van der Waals surface area contributed by atoms with Gasteiger partial charge < -0.3 is 44.8 Å². The van der Waals surface area contributed by atoms with Crippen molar-refractivity contribution in [2.75, 3.05) is 6.61 Å². The highest BCUT2D eigenvalue weighted by atomic mass is 16.7. The summed E-state index contributed by atoms with van der Waals surface area (Å²) in [7, 11) is 0. The smallest absolute Gasteiger partial charge is 0.321 e. The molecule has 44 heavy (non-hydrogen) atoms. The number of hydrogen-bond donors (Lipinski definition) is 6. The minimum Gasteiger partial charge on any atom is -0.480 e. The fourth-order valence-electron chi connectivity index (χ4n) is 9.88. The molecule has 0 aromatic heterocycles. The molecule has 4 aliphatic carbocycles. The van der Waals surface area contributed by atoms with Crippen LogP contribution in [0.1, 0.15) is 78.6 Å². The summed E-state index contributed by atoms with van der Waals surface area (Å²) in [5.74, 6) is -4.38. The highest BCUT2D eigenvalue weighted by Crippen LogP contribution is 2.72. The second-order valence-electron chi connectivity index (χ2n) is 14.5. The van der Waals surface area contributed by atoms with Crippen molar-refractivity contribution in [2.24, 2.45) is 39.9 Å². The molecule has 12 nitrogen and oxygen atoms in total. The van der Waals surface area contributed by atoms with E-state index in [4.69, 9.17) is 14.2 Å². The molecule has 0 amide bonds. The summed E-state index contributed by atoms with van der Waals surface area (Å²) in [4.78, 5) is 38.8. The summed E-state index contributed by atoms with van der Waals surface area (Å²) in [6.45, 7) is 9.16. The zero-order valence-corrected chi connectivity index (χ0v) is 25.8. The predicted octanol–water partition coefficient (Wildman–Crippen LogP) is 1.86. The van der Waals surface area contributed by atoms with Gasteiger partial charge in [0.15, 0.2) is 17.8 Å². The van der Waals surface area contributed by atoms with E-state index in [9.17, 15) is 45.0 Å². The van der Waals surface area contributed by atoms with Crippen LogP contribution in [0.15, 0.2) is 12.2 Å². The molecular formula is C32H48O12. The fourth-order valence-corrected chi connectivity index (χ4v) is 9.88. The Hall–Kier alpha value is -2.09. The van der Waals surface area contributed by atoms with Crippen molar-refractivity contribution >= 4 is 17.9 Å². The van der Waals surface area contributed by atoms with Gasteiger partial charge in [-0.1, -0.05) is 33.8 Å². The Kier molecular flexibility index (Phi) is 9.02. The van der Waals surface area contributed by atoms with Gasteiger partial charge in [0.25, 0.3) is 0 Å². The predicted molar refractivity (Wildman–Crippen MR) is 153 cm³/mol. The van der Waals surface area contributed by atoms with Gasteiger partial charge in [0.2, 0.25) is 0 Å². The van der Waals surface area contributed by atoms with Crippen molar-refractivity contribution in [1.29, 1.82) is 0 Å². The number of ether oxygens (including phenoxy) is 3. The number of aliphatic hydroxyl groups excluding tert-OH is 4. The van der Waals surface area contributed by atoms with Crippen LogP contribution >= 0.6 is 0 Å². The van der Waals surface area contributed by atoms with E-state index < -0.39 is 96.0 Å². The van der Waals surface area contributed by atoms with E-state index in [1.807, 2.05) is 20.8 Å². The molecule has 1 heterocycles. The Bertz CT molecular complexity index is 1140. The lowest BCUT2D eigenvalue weighted by Gasteiger charge is -2.64. The first kappa shape index (κ1) is 33.3. The van der Waals surface area contributed by atoms with Crippen molar-refractivity contribution in [1.82, 2.24) is 0 Å². The van der Waals surface area contributed by atoms with Crippen LogP contribution in [0.4, 0.5) is 0 Å². The Balaban J connectivity index is 1.50. The third-order valence-corrected chi connectivity index (χ3v) is 12.2. The molecule has 4 saturated carbocycles. The Morgan fingerprint density at radius 1 is 1.02 bits per heavy atom. The standard InChI is InChI=1S/C32H48O12/c1-5-15(2)10-22(34)44-25-24(36)23(35)19(14-33)43-27(25)42-18-12-30(4)20-7-6-17-11-31(20,26(37)16(17)3)9-8-21(30)32(13-18,28(38)39)29(40)41/h15,17-21,23-27,33,35-37H,3,5-14H2,1-2,4H3,(H,38,39)(H,40,41)/t15?,17-,18+,19-,20+,21+,23-,24+,25-,26+,27-,30+,31-/m1/s1. The maximum atomic E-state index is 13.0. The van der Waals surface area contributed by atoms with Gasteiger partial charge in [0.05, 0.1) is 18.8 Å². The van der Waals surface area contributed by atoms with Crippen LogP contribution < -0.4 is 0 Å². The zero-order chi connectivity index (χ0) is 32.4. The van der Waals surface area contributed by atoms with Gasteiger partial charge in [0.1, 0.15) is 18.3 Å². The molecule has 1 aliphatic heterocycles.